The summed E-state index contributed by atoms with van der Waals surface area (Å²) in [6.45, 7) is 6.15. The fourth-order valence-corrected chi connectivity index (χ4v) is 3.57. The minimum absolute atomic E-state index is 0.0272. The number of nitriles is 1. The van der Waals surface area contributed by atoms with Crippen molar-refractivity contribution < 1.29 is 14.1 Å². The highest BCUT2D eigenvalue weighted by molar-refractivity contribution is 5.95. The third-order valence-electron chi connectivity index (χ3n) is 4.97. The smallest absolute Gasteiger partial charge is 0.270 e. The molecule has 30 heavy (non-hydrogen) atoms. The maximum Gasteiger partial charge on any atom is 0.270 e. The number of hydrogen-bond acceptors (Lipinski definition) is 7. The van der Waals surface area contributed by atoms with Crippen molar-refractivity contribution in [2.24, 2.45) is 0 Å². The number of carbonyl (C=O) groups is 1. The molecule has 152 valence electrons. The lowest BCUT2D eigenvalue weighted by molar-refractivity contribution is 0.101. The van der Waals surface area contributed by atoms with Crippen molar-refractivity contribution in [3.8, 4) is 23.3 Å². The predicted octanol–water partition coefficient (Wildman–Crippen LogP) is 4.68. The molecule has 1 aromatic heterocycles. The van der Waals surface area contributed by atoms with Crippen LogP contribution in [0.5, 0.6) is 5.75 Å². The molecule has 0 saturated carbocycles. The topological polar surface area (TPSA) is 92.3 Å². The zero-order valence-electron chi connectivity index (χ0n) is 17.2. The highest BCUT2D eigenvalue weighted by Gasteiger charge is 2.24. The average molecular weight is 402 g/mol. The van der Waals surface area contributed by atoms with Gasteiger partial charge in [0, 0.05) is 23.4 Å². The Bertz CT molecular complexity index is 1140. The summed E-state index contributed by atoms with van der Waals surface area (Å²) in [6.07, 6.45) is 1.80. The summed E-state index contributed by atoms with van der Waals surface area (Å²) in [5.74, 6) is 1.38. The molecule has 0 atom stereocenters. The van der Waals surface area contributed by atoms with Crippen molar-refractivity contribution >= 4 is 17.4 Å². The number of anilines is 2. The first-order chi connectivity index (χ1) is 14.5. The number of aromatic nitrogens is 2. The Morgan fingerprint density at radius 2 is 2.10 bits per heavy atom. The number of benzene rings is 2. The number of hydrogen-bond donors (Lipinski definition) is 0. The van der Waals surface area contributed by atoms with Gasteiger partial charge in [-0.2, -0.15) is 10.2 Å². The Hall–Kier alpha value is -3.66. The van der Waals surface area contributed by atoms with Crippen LogP contribution in [-0.2, 0) is 6.42 Å². The predicted molar refractivity (Wildman–Crippen MR) is 112 cm³/mol. The quantitative estimate of drug-likeness (QED) is 0.572. The highest BCUT2D eigenvalue weighted by atomic mass is 16.5. The second-order valence-corrected chi connectivity index (χ2v) is 7.54. The van der Waals surface area contributed by atoms with Crippen LogP contribution in [0.1, 0.15) is 48.7 Å². The molecular weight excluding hydrogens is 380 g/mol. The van der Waals surface area contributed by atoms with E-state index in [0.29, 0.717) is 34.3 Å². The van der Waals surface area contributed by atoms with Crippen molar-refractivity contribution in [1.29, 1.82) is 5.26 Å². The molecule has 0 aliphatic carbocycles. The van der Waals surface area contributed by atoms with E-state index in [1.807, 2.05) is 36.9 Å². The van der Waals surface area contributed by atoms with Gasteiger partial charge in [-0.05, 0) is 80.7 Å². The van der Waals surface area contributed by atoms with Crippen molar-refractivity contribution in [1.82, 2.24) is 10.1 Å². The fraction of sp³-hybridized carbons (Fsp3) is 0.304. The van der Waals surface area contributed by atoms with E-state index in [9.17, 15) is 10.1 Å². The van der Waals surface area contributed by atoms with Crippen LogP contribution < -0.4 is 9.64 Å². The molecule has 0 N–H and O–H groups in total. The summed E-state index contributed by atoms with van der Waals surface area (Å²) in [5, 5.41) is 13.6. The Kier molecular flexibility index (Phi) is 5.23. The van der Waals surface area contributed by atoms with Gasteiger partial charge >= 0.3 is 0 Å². The lowest BCUT2D eigenvalue weighted by atomic mass is 9.98. The van der Waals surface area contributed by atoms with Crippen LogP contribution in [0.25, 0.3) is 11.5 Å². The Morgan fingerprint density at radius 3 is 2.83 bits per heavy atom. The molecule has 0 amide bonds. The van der Waals surface area contributed by atoms with Crippen LogP contribution in [0.3, 0.4) is 0 Å². The van der Waals surface area contributed by atoms with Crippen LogP contribution in [0, 0.1) is 11.3 Å². The fourth-order valence-electron chi connectivity index (χ4n) is 3.57. The summed E-state index contributed by atoms with van der Waals surface area (Å²) in [4.78, 5) is 18.2. The molecule has 2 heterocycles. The van der Waals surface area contributed by atoms with E-state index in [1.54, 1.807) is 25.1 Å². The van der Waals surface area contributed by atoms with Gasteiger partial charge in [-0.1, -0.05) is 0 Å². The van der Waals surface area contributed by atoms with Gasteiger partial charge in [0.1, 0.15) is 11.8 Å². The second kappa shape index (κ2) is 7.99. The molecule has 1 aliphatic heterocycles. The molecule has 7 heteroatoms. The molecule has 0 radical (unpaired) electrons. The van der Waals surface area contributed by atoms with Gasteiger partial charge < -0.3 is 14.2 Å². The molecule has 0 fully saturated rings. The van der Waals surface area contributed by atoms with Gasteiger partial charge in [0.15, 0.2) is 5.78 Å². The van der Waals surface area contributed by atoms with Crippen molar-refractivity contribution in [3.05, 3.63) is 53.1 Å². The van der Waals surface area contributed by atoms with Crippen LogP contribution in [0.15, 0.2) is 40.9 Å². The molecule has 2 aromatic carbocycles. The van der Waals surface area contributed by atoms with Crippen LogP contribution in [0.2, 0.25) is 0 Å². The number of ether oxygens (including phenoxy) is 1. The molecule has 0 bridgehead atoms. The third kappa shape index (κ3) is 3.77. The molecule has 0 saturated heterocycles. The normalized spacial score (nSPS) is 13.1. The zero-order chi connectivity index (χ0) is 21.3. The van der Waals surface area contributed by atoms with Crippen molar-refractivity contribution in [2.45, 2.75) is 39.7 Å². The Balaban J connectivity index is 1.65. The van der Waals surface area contributed by atoms with Crippen LogP contribution >= 0.6 is 0 Å². The number of nitrogens with zero attached hydrogens (tertiary/aromatic N) is 4. The highest BCUT2D eigenvalue weighted by Crippen LogP contribution is 2.34. The summed E-state index contributed by atoms with van der Waals surface area (Å²) < 4.78 is 11.2. The van der Waals surface area contributed by atoms with Crippen molar-refractivity contribution in [2.75, 3.05) is 11.4 Å². The Morgan fingerprint density at radius 1 is 1.27 bits per heavy atom. The van der Waals surface area contributed by atoms with E-state index >= 15 is 0 Å². The van der Waals surface area contributed by atoms with Gasteiger partial charge in [0.2, 0.25) is 0 Å². The molecule has 0 unspecified atom stereocenters. The summed E-state index contributed by atoms with van der Waals surface area (Å²) in [7, 11) is 0. The number of carbonyl (C=O) groups excluding carboxylic acids is 1. The molecule has 0 spiro atoms. The lowest BCUT2D eigenvalue weighted by Crippen LogP contribution is -2.25. The first-order valence-corrected chi connectivity index (χ1v) is 9.92. The van der Waals surface area contributed by atoms with Gasteiger partial charge in [0.25, 0.3) is 11.8 Å². The van der Waals surface area contributed by atoms with E-state index in [1.165, 1.54) is 0 Å². The monoisotopic (exact) mass is 402 g/mol. The molecule has 4 rings (SSSR count). The standard InChI is InChI=1S/C23H22N4O3/c1-14(2)29-21-9-7-18(12-19(21)13-24)22-25-23(26-30-22)27-10-4-5-17-11-16(15(3)28)6-8-20(17)27/h6-9,11-12,14H,4-5,10H2,1-3H3. The first kappa shape index (κ1) is 19.6. The molecule has 1 aliphatic rings. The van der Waals surface area contributed by atoms with E-state index in [-0.39, 0.29) is 11.9 Å². The van der Waals surface area contributed by atoms with Gasteiger partial charge in [-0.15, -0.1) is 0 Å². The summed E-state index contributed by atoms with van der Waals surface area (Å²) in [6, 6.07) is 13.1. The summed E-state index contributed by atoms with van der Waals surface area (Å²) >= 11 is 0. The number of Topliss-reactive ketones (excluding diaryl/α,β-unsaturated/α-hetero) is 1. The molecular formula is C23H22N4O3. The van der Waals surface area contributed by atoms with Crippen LogP contribution in [-0.4, -0.2) is 28.6 Å². The van der Waals surface area contributed by atoms with E-state index in [2.05, 4.69) is 16.2 Å². The molecule has 7 nitrogen and oxygen atoms in total. The number of ketones is 1. The van der Waals surface area contributed by atoms with E-state index in [0.717, 1.165) is 30.6 Å². The largest absolute Gasteiger partial charge is 0.490 e. The van der Waals surface area contributed by atoms with Gasteiger partial charge in [0.05, 0.1) is 11.7 Å². The van der Waals surface area contributed by atoms with E-state index in [4.69, 9.17) is 9.26 Å². The first-order valence-electron chi connectivity index (χ1n) is 9.92. The summed E-state index contributed by atoms with van der Waals surface area (Å²) in [5.41, 5.74) is 3.86. The Labute approximate surface area is 174 Å². The third-order valence-corrected chi connectivity index (χ3v) is 4.97. The van der Waals surface area contributed by atoms with Crippen molar-refractivity contribution in [3.63, 3.8) is 0 Å². The molecule has 3 aromatic rings. The SMILES string of the molecule is CC(=O)c1ccc2c(c1)CCCN2c1noc(-c2ccc(OC(C)C)c(C#N)c2)n1. The van der Waals surface area contributed by atoms with E-state index < -0.39 is 0 Å². The second-order valence-electron chi connectivity index (χ2n) is 7.54. The van der Waals surface area contributed by atoms with Gasteiger partial charge in [-0.3, -0.25) is 4.79 Å². The number of aryl methyl sites for hydroxylation is 1. The minimum atomic E-state index is -0.0272. The number of fused-ring (bicyclic) bond motifs is 1. The maximum absolute atomic E-state index is 11.7. The minimum Gasteiger partial charge on any atom is -0.490 e. The zero-order valence-corrected chi connectivity index (χ0v) is 17.2. The average Bonchev–Trinajstić information content (AvgIpc) is 3.22. The lowest BCUT2D eigenvalue weighted by Gasteiger charge is -2.28. The van der Waals surface area contributed by atoms with Crippen LogP contribution in [0.4, 0.5) is 11.6 Å². The number of rotatable bonds is 5. The maximum atomic E-state index is 11.7. The van der Waals surface area contributed by atoms with Gasteiger partial charge in [-0.25, -0.2) is 0 Å².